The van der Waals surface area contributed by atoms with E-state index < -0.39 is 23.5 Å². The number of aryl methyl sites for hydroxylation is 1. The molecule has 1 aliphatic carbocycles. The minimum absolute atomic E-state index is 0.0143. The summed E-state index contributed by atoms with van der Waals surface area (Å²) < 4.78 is 5.59. The summed E-state index contributed by atoms with van der Waals surface area (Å²) in [5, 5.41) is 14.9. The Morgan fingerprint density at radius 1 is 0.943 bits per heavy atom. The fraction of sp³-hybridized carbons (Fsp3) is 0.250. The first-order chi connectivity index (χ1) is 16.7. The number of nitrogens with one attached hydrogen (secondary N) is 2. The molecule has 1 unspecified atom stereocenters. The molecule has 1 aliphatic rings. The number of amides is 2. The average Bonchev–Trinajstić information content (AvgIpc) is 3.16. The van der Waals surface area contributed by atoms with Gasteiger partial charge in [0, 0.05) is 5.92 Å². The van der Waals surface area contributed by atoms with Gasteiger partial charge in [-0.15, -0.1) is 0 Å². The fourth-order valence-electron chi connectivity index (χ4n) is 4.48. The molecule has 0 saturated carbocycles. The number of hydrogen-bond acceptors (Lipinski definition) is 4. The molecule has 0 aromatic heterocycles. The lowest BCUT2D eigenvalue weighted by Crippen LogP contribution is -2.54. The number of carboxylic acid groups (broad SMARTS) is 1. The third-order valence-corrected chi connectivity index (χ3v) is 6.66. The Kier molecular flexibility index (Phi) is 6.60. The molecule has 7 heteroatoms. The lowest BCUT2D eigenvalue weighted by atomic mass is 9.97. The van der Waals surface area contributed by atoms with Crippen LogP contribution in [-0.2, 0) is 9.53 Å². The summed E-state index contributed by atoms with van der Waals surface area (Å²) in [6, 6.07) is 20.9. The van der Waals surface area contributed by atoms with Gasteiger partial charge in [-0.25, -0.2) is 9.59 Å². The standard InChI is InChI=1S/C28H28N2O5/c1-4-28(3,26(33)29-23-15-9-10-17(2)24(23)25(31)32)30-27(34)35-16-22-20-13-7-5-11-18(20)19-12-6-8-14-21(19)22/h5-15,22H,4,16H2,1-3H3,(H,29,33)(H,30,34)(H,31,32). The number of aromatic carboxylic acids is 1. The van der Waals surface area contributed by atoms with Crippen molar-refractivity contribution in [3.63, 3.8) is 0 Å². The van der Waals surface area contributed by atoms with Gasteiger partial charge in [0.1, 0.15) is 12.1 Å². The maximum absolute atomic E-state index is 13.1. The zero-order valence-electron chi connectivity index (χ0n) is 19.9. The predicted octanol–water partition coefficient (Wildman–Crippen LogP) is 5.34. The van der Waals surface area contributed by atoms with Gasteiger partial charge in [0.25, 0.3) is 0 Å². The van der Waals surface area contributed by atoms with Crippen LogP contribution in [0.1, 0.15) is 53.2 Å². The van der Waals surface area contributed by atoms with E-state index in [9.17, 15) is 19.5 Å². The molecule has 0 bridgehead atoms. The van der Waals surface area contributed by atoms with E-state index in [0.717, 1.165) is 22.3 Å². The number of alkyl carbamates (subject to hydrolysis) is 1. The summed E-state index contributed by atoms with van der Waals surface area (Å²) in [6.45, 7) is 5.13. The minimum atomic E-state index is -1.30. The molecule has 0 saturated heterocycles. The quantitative estimate of drug-likeness (QED) is 0.431. The van der Waals surface area contributed by atoms with Gasteiger partial charge in [-0.1, -0.05) is 67.6 Å². The van der Waals surface area contributed by atoms with Crippen LogP contribution in [0.2, 0.25) is 0 Å². The van der Waals surface area contributed by atoms with Gasteiger partial charge in [0.05, 0.1) is 11.3 Å². The summed E-state index contributed by atoms with van der Waals surface area (Å²) in [5.41, 5.74) is 3.86. The van der Waals surface area contributed by atoms with Crippen molar-refractivity contribution in [2.45, 2.75) is 38.6 Å². The lowest BCUT2D eigenvalue weighted by molar-refractivity contribution is -0.121. The molecule has 3 aromatic rings. The van der Waals surface area contributed by atoms with Gasteiger partial charge in [-0.3, -0.25) is 4.79 Å². The van der Waals surface area contributed by atoms with E-state index in [0.29, 0.717) is 5.56 Å². The molecule has 7 nitrogen and oxygen atoms in total. The molecule has 0 aliphatic heterocycles. The van der Waals surface area contributed by atoms with Crippen molar-refractivity contribution < 1.29 is 24.2 Å². The first-order valence-electron chi connectivity index (χ1n) is 11.5. The molecule has 3 N–H and O–H groups in total. The van der Waals surface area contributed by atoms with Crippen LogP contribution in [0.3, 0.4) is 0 Å². The molecule has 3 aromatic carbocycles. The summed E-state index contributed by atoms with van der Waals surface area (Å²) in [7, 11) is 0. The van der Waals surface area contributed by atoms with Crippen LogP contribution in [0.15, 0.2) is 66.7 Å². The van der Waals surface area contributed by atoms with E-state index in [2.05, 4.69) is 22.8 Å². The predicted molar refractivity (Wildman–Crippen MR) is 134 cm³/mol. The molecule has 1 atom stereocenters. The highest BCUT2D eigenvalue weighted by atomic mass is 16.5. The zero-order chi connectivity index (χ0) is 25.2. The molecular weight excluding hydrogens is 444 g/mol. The molecule has 0 radical (unpaired) electrons. The number of carboxylic acids is 1. The highest BCUT2D eigenvalue weighted by Gasteiger charge is 2.35. The van der Waals surface area contributed by atoms with Gasteiger partial charge in [-0.05, 0) is 54.2 Å². The Morgan fingerprint density at radius 3 is 2.11 bits per heavy atom. The topological polar surface area (TPSA) is 105 Å². The Hall–Kier alpha value is -4.13. The molecule has 0 spiro atoms. The third kappa shape index (κ3) is 4.62. The summed E-state index contributed by atoms with van der Waals surface area (Å²) in [6.07, 6.45) is -0.439. The largest absolute Gasteiger partial charge is 0.478 e. The maximum Gasteiger partial charge on any atom is 0.408 e. The minimum Gasteiger partial charge on any atom is -0.478 e. The van der Waals surface area contributed by atoms with E-state index in [1.165, 1.54) is 6.07 Å². The van der Waals surface area contributed by atoms with Gasteiger partial charge >= 0.3 is 12.1 Å². The average molecular weight is 473 g/mol. The second kappa shape index (κ2) is 9.62. The molecule has 4 rings (SSSR count). The Balaban J connectivity index is 1.46. The van der Waals surface area contributed by atoms with Crippen molar-refractivity contribution in [3.8, 4) is 11.1 Å². The van der Waals surface area contributed by atoms with Crippen molar-refractivity contribution in [3.05, 3.63) is 89.0 Å². The first kappa shape index (κ1) is 24.0. The van der Waals surface area contributed by atoms with Crippen LogP contribution in [0, 0.1) is 6.92 Å². The molecule has 0 heterocycles. The third-order valence-electron chi connectivity index (χ3n) is 6.66. The molecular formula is C28H28N2O5. The number of hydrogen-bond donors (Lipinski definition) is 3. The van der Waals surface area contributed by atoms with Gasteiger partial charge in [-0.2, -0.15) is 0 Å². The molecule has 180 valence electrons. The van der Waals surface area contributed by atoms with Gasteiger partial charge in [0.15, 0.2) is 0 Å². The van der Waals surface area contributed by atoms with Crippen molar-refractivity contribution >= 4 is 23.7 Å². The maximum atomic E-state index is 13.1. The smallest absolute Gasteiger partial charge is 0.408 e. The number of rotatable bonds is 7. The SMILES string of the molecule is CCC(C)(NC(=O)OCC1c2ccccc2-c2ccccc21)C(=O)Nc1cccc(C)c1C(=O)O. The molecule has 0 fully saturated rings. The number of anilines is 1. The van der Waals surface area contributed by atoms with Crippen LogP contribution in [0.4, 0.5) is 10.5 Å². The molecule has 2 amide bonds. The number of carbonyl (C=O) groups is 3. The number of fused-ring (bicyclic) bond motifs is 3. The Morgan fingerprint density at radius 2 is 1.54 bits per heavy atom. The first-order valence-corrected chi connectivity index (χ1v) is 11.5. The second-order valence-corrected chi connectivity index (χ2v) is 8.89. The Bertz CT molecular complexity index is 1260. The van der Waals surface area contributed by atoms with Crippen LogP contribution in [0.5, 0.6) is 0 Å². The summed E-state index contributed by atoms with van der Waals surface area (Å²) >= 11 is 0. The van der Waals surface area contributed by atoms with Crippen LogP contribution < -0.4 is 10.6 Å². The van der Waals surface area contributed by atoms with Crippen molar-refractivity contribution in [1.82, 2.24) is 5.32 Å². The van der Waals surface area contributed by atoms with Gasteiger partial charge in [0.2, 0.25) is 5.91 Å². The highest BCUT2D eigenvalue weighted by Crippen LogP contribution is 2.44. The summed E-state index contributed by atoms with van der Waals surface area (Å²) in [4.78, 5) is 37.5. The van der Waals surface area contributed by atoms with Crippen LogP contribution in [0.25, 0.3) is 11.1 Å². The zero-order valence-corrected chi connectivity index (χ0v) is 19.9. The molecule has 35 heavy (non-hydrogen) atoms. The van der Waals surface area contributed by atoms with Crippen LogP contribution >= 0.6 is 0 Å². The van der Waals surface area contributed by atoms with E-state index in [1.807, 2.05) is 36.4 Å². The van der Waals surface area contributed by atoms with E-state index >= 15 is 0 Å². The van der Waals surface area contributed by atoms with Crippen molar-refractivity contribution in [2.75, 3.05) is 11.9 Å². The Labute approximate surface area is 204 Å². The summed E-state index contributed by atoms with van der Waals surface area (Å²) in [5.74, 6) is -1.76. The lowest BCUT2D eigenvalue weighted by Gasteiger charge is -2.28. The second-order valence-electron chi connectivity index (χ2n) is 8.89. The van der Waals surface area contributed by atoms with E-state index in [4.69, 9.17) is 4.74 Å². The van der Waals surface area contributed by atoms with Crippen molar-refractivity contribution in [2.24, 2.45) is 0 Å². The highest BCUT2D eigenvalue weighted by molar-refractivity contribution is 6.05. The van der Waals surface area contributed by atoms with E-state index in [-0.39, 0.29) is 30.2 Å². The normalized spacial score (nSPS) is 13.8. The van der Waals surface area contributed by atoms with Crippen LogP contribution in [-0.4, -0.2) is 35.2 Å². The number of ether oxygens (including phenoxy) is 1. The van der Waals surface area contributed by atoms with Crippen molar-refractivity contribution in [1.29, 1.82) is 0 Å². The van der Waals surface area contributed by atoms with E-state index in [1.54, 1.807) is 32.9 Å². The number of carbonyl (C=O) groups excluding carboxylic acids is 2. The fourth-order valence-corrected chi connectivity index (χ4v) is 4.48. The van der Waals surface area contributed by atoms with Gasteiger partial charge < -0.3 is 20.5 Å². The monoisotopic (exact) mass is 472 g/mol. The number of benzene rings is 3.